The van der Waals surface area contributed by atoms with Crippen LogP contribution in [0.1, 0.15) is 85.6 Å². The molecule has 0 aromatic heterocycles. The van der Waals surface area contributed by atoms with Crippen molar-refractivity contribution in [1.82, 2.24) is 26.2 Å². The van der Waals surface area contributed by atoms with Crippen LogP contribution in [0, 0.1) is 11.8 Å². The quantitative estimate of drug-likeness (QED) is 0.0534. The van der Waals surface area contributed by atoms with Gasteiger partial charge in [-0.05, 0) is 68.7 Å². The van der Waals surface area contributed by atoms with Crippen molar-refractivity contribution in [3.05, 3.63) is 29.8 Å². The van der Waals surface area contributed by atoms with Crippen LogP contribution in [0.2, 0.25) is 0 Å². The van der Waals surface area contributed by atoms with Crippen molar-refractivity contribution < 1.29 is 48.1 Å². The van der Waals surface area contributed by atoms with Gasteiger partial charge in [-0.2, -0.15) is 0 Å². The van der Waals surface area contributed by atoms with Crippen LogP contribution < -0.4 is 37.5 Å². The van der Waals surface area contributed by atoms with Gasteiger partial charge < -0.3 is 47.3 Å². The Morgan fingerprint density at radius 3 is 2.16 bits per heavy atom. The summed E-state index contributed by atoms with van der Waals surface area (Å²) in [6, 6.07) is 2.16. The van der Waals surface area contributed by atoms with Gasteiger partial charge in [0, 0.05) is 19.9 Å². The highest BCUT2D eigenvalue weighted by atomic mass is 16.5. The Hall–Kier alpha value is -4.77. The molecule has 0 radical (unpaired) electrons. The minimum Gasteiger partial charge on any atom is -0.494 e. The minimum atomic E-state index is -1.28. The molecule has 1 aliphatic rings. The van der Waals surface area contributed by atoms with Crippen LogP contribution in [0.5, 0.6) is 5.75 Å². The predicted molar refractivity (Wildman–Crippen MR) is 203 cm³/mol. The number of likely N-dealkylation sites (tertiary alicyclic amines) is 1. The smallest absolute Gasteiger partial charge is 0.305 e. The maximum absolute atomic E-state index is 13.8. The van der Waals surface area contributed by atoms with Gasteiger partial charge in [-0.25, -0.2) is 0 Å². The lowest BCUT2D eigenvalue weighted by Crippen LogP contribution is -2.59. The molecule has 1 heterocycles. The highest BCUT2D eigenvalue weighted by Gasteiger charge is 2.38. The molecule has 1 aromatic rings. The zero-order valence-corrected chi connectivity index (χ0v) is 32.9. The number of benzene rings is 1. The molecule has 55 heavy (non-hydrogen) atoms. The van der Waals surface area contributed by atoms with Crippen LogP contribution in [-0.2, 0) is 44.7 Å². The molecular weight excluding hydrogens is 714 g/mol. The predicted octanol–water partition coefficient (Wildman–Crippen LogP) is -0.202. The average Bonchev–Trinajstić information content (AvgIpc) is 3.58. The molecule has 1 aromatic carbocycles. The summed E-state index contributed by atoms with van der Waals surface area (Å²) in [4.78, 5) is 89.5. The fraction of sp³-hybridized carbons (Fsp3) is 0.658. The van der Waals surface area contributed by atoms with E-state index in [1.54, 1.807) is 49.9 Å². The molecule has 17 nitrogen and oxygen atoms in total. The van der Waals surface area contributed by atoms with Gasteiger partial charge in [0.1, 0.15) is 23.9 Å². The lowest BCUT2D eigenvalue weighted by Gasteiger charge is -2.33. The van der Waals surface area contributed by atoms with Crippen molar-refractivity contribution in [1.29, 1.82) is 0 Å². The summed E-state index contributed by atoms with van der Waals surface area (Å²) in [6.07, 6.45) is 0.755. The van der Waals surface area contributed by atoms with E-state index in [0.717, 1.165) is 0 Å². The van der Waals surface area contributed by atoms with Gasteiger partial charge in [0.25, 0.3) is 0 Å². The summed E-state index contributed by atoms with van der Waals surface area (Å²) in [6.45, 7) is 11.2. The number of hydrogen-bond donors (Lipinski definition) is 7. The second kappa shape index (κ2) is 23.2. The zero-order chi connectivity index (χ0) is 41.2. The van der Waals surface area contributed by atoms with Gasteiger partial charge in [-0.15, -0.1) is 0 Å². The molecule has 17 heteroatoms. The molecule has 308 valence electrons. The number of esters is 1. The molecule has 0 bridgehead atoms. The maximum atomic E-state index is 13.8. The molecule has 1 saturated heterocycles. The highest BCUT2D eigenvalue weighted by Crippen LogP contribution is 2.21. The summed E-state index contributed by atoms with van der Waals surface area (Å²) in [7, 11) is 0. The number of hydrogen-bond acceptors (Lipinski definition) is 11. The molecule has 2 rings (SSSR count). The first-order valence-corrected chi connectivity index (χ1v) is 19.0. The first kappa shape index (κ1) is 46.4. The van der Waals surface area contributed by atoms with E-state index in [1.165, 1.54) is 6.92 Å². The fourth-order valence-electron chi connectivity index (χ4n) is 6.31. The fourth-order valence-corrected chi connectivity index (χ4v) is 6.31. The van der Waals surface area contributed by atoms with Gasteiger partial charge in [-0.3, -0.25) is 38.5 Å². The topological polar surface area (TPSA) is 262 Å². The third-order valence-corrected chi connectivity index (χ3v) is 9.52. The second-order valence-corrected chi connectivity index (χ2v) is 14.4. The zero-order valence-electron chi connectivity index (χ0n) is 32.9. The van der Waals surface area contributed by atoms with Crippen molar-refractivity contribution in [2.45, 2.75) is 123 Å². The van der Waals surface area contributed by atoms with Crippen molar-refractivity contribution in [3.8, 4) is 5.75 Å². The summed E-state index contributed by atoms with van der Waals surface area (Å²) in [5, 5.41) is 22.4. The third kappa shape index (κ3) is 15.9. The Labute approximate surface area is 323 Å². The van der Waals surface area contributed by atoms with Crippen molar-refractivity contribution in [3.63, 3.8) is 0 Å². The Morgan fingerprint density at radius 1 is 0.927 bits per heavy atom. The van der Waals surface area contributed by atoms with E-state index in [-0.39, 0.29) is 37.2 Å². The van der Waals surface area contributed by atoms with Crippen LogP contribution in [0.25, 0.3) is 0 Å². The molecule has 6 amide bonds. The van der Waals surface area contributed by atoms with Crippen LogP contribution in [0.15, 0.2) is 24.3 Å². The Bertz CT molecular complexity index is 1440. The van der Waals surface area contributed by atoms with Crippen LogP contribution in [0.3, 0.4) is 0 Å². The number of carbonyl (C=O) groups is 7. The maximum Gasteiger partial charge on any atom is 0.305 e. The first-order chi connectivity index (χ1) is 26.0. The van der Waals surface area contributed by atoms with E-state index < -0.39 is 78.2 Å². The molecule has 0 aliphatic carbocycles. The standard InChI is InChI=1S/C38H61N7O10/c1-7-23(5)34(38(53)43-33(22(3)4)35(40)50)44-37(52)29-11-9-17-45(29)21-30(47)27(42-36(51)28(20-31(39)48)41-24(6)46)19-25-13-15-26(16-14-25)55-18-10-12-32(49)54-8-2/h13-16,22-23,27-30,33-34,47H,7-12,17-21H2,1-6H3,(H2,39,48)(H2,40,50)(H,41,46)(H,42,51)(H,43,53)(H,44,52)/t23-,27-,28-,29-,30-,33-,34-/m0/s1. The SMILES string of the molecule is CCOC(=O)CCCOc1ccc(C[C@H](NC(=O)[C@H](CC(N)=O)NC(C)=O)[C@@H](O)CN2CCC[C@H]2C(=O)N[C@H](C(=O)N[C@H](C(N)=O)C(C)C)[C@@H](C)CC)cc1. The number of nitrogens with two attached hydrogens (primary N) is 2. The largest absolute Gasteiger partial charge is 0.494 e. The number of ether oxygens (including phenoxy) is 2. The Balaban J connectivity index is 2.26. The number of aliphatic hydroxyl groups excluding tert-OH is 1. The lowest BCUT2D eigenvalue weighted by atomic mass is 9.96. The van der Waals surface area contributed by atoms with Gasteiger partial charge in [0.2, 0.25) is 35.4 Å². The number of amides is 6. The Morgan fingerprint density at radius 2 is 1.60 bits per heavy atom. The van der Waals surface area contributed by atoms with Crippen molar-refractivity contribution in [2.24, 2.45) is 23.3 Å². The van der Waals surface area contributed by atoms with E-state index in [0.29, 0.717) is 56.8 Å². The van der Waals surface area contributed by atoms with Gasteiger partial charge in [-0.1, -0.05) is 46.2 Å². The van der Waals surface area contributed by atoms with Crippen LogP contribution in [-0.4, -0.2) is 114 Å². The number of aliphatic hydroxyl groups is 1. The number of β-amino-alcohol motifs (C(OH)–C–C–N with tert-alkyl or cyclic N) is 1. The number of nitrogens with one attached hydrogen (secondary N) is 4. The van der Waals surface area contributed by atoms with E-state index in [9.17, 15) is 38.7 Å². The highest BCUT2D eigenvalue weighted by molar-refractivity contribution is 5.93. The number of primary amides is 2. The summed E-state index contributed by atoms with van der Waals surface area (Å²) in [5.74, 6) is -4.01. The average molecular weight is 776 g/mol. The van der Waals surface area contributed by atoms with Crippen molar-refractivity contribution in [2.75, 3.05) is 26.3 Å². The molecule has 1 fully saturated rings. The van der Waals surface area contributed by atoms with Crippen LogP contribution in [0.4, 0.5) is 0 Å². The number of nitrogens with zero attached hydrogens (tertiary/aromatic N) is 1. The Kier molecular flexibility index (Phi) is 19.6. The molecule has 0 spiro atoms. The molecule has 9 N–H and O–H groups in total. The van der Waals surface area contributed by atoms with E-state index in [1.807, 2.05) is 13.8 Å². The molecular formula is C38H61N7O10. The van der Waals surface area contributed by atoms with Gasteiger partial charge in [0.15, 0.2) is 0 Å². The van der Waals surface area contributed by atoms with Gasteiger partial charge in [0.05, 0.1) is 37.8 Å². The number of rotatable bonds is 24. The summed E-state index contributed by atoms with van der Waals surface area (Å²) in [5.41, 5.74) is 11.6. The van der Waals surface area contributed by atoms with E-state index in [4.69, 9.17) is 20.9 Å². The second-order valence-electron chi connectivity index (χ2n) is 14.4. The van der Waals surface area contributed by atoms with E-state index >= 15 is 0 Å². The monoisotopic (exact) mass is 775 g/mol. The molecule has 1 aliphatic heterocycles. The normalized spacial score (nSPS) is 17.5. The van der Waals surface area contributed by atoms with E-state index in [2.05, 4.69) is 21.3 Å². The summed E-state index contributed by atoms with van der Waals surface area (Å²) < 4.78 is 10.7. The van der Waals surface area contributed by atoms with Gasteiger partial charge >= 0.3 is 5.97 Å². The molecule has 0 saturated carbocycles. The van der Waals surface area contributed by atoms with Crippen molar-refractivity contribution >= 4 is 41.4 Å². The lowest BCUT2D eigenvalue weighted by molar-refractivity contribution is -0.143. The number of carbonyl (C=O) groups excluding carboxylic acids is 7. The minimum absolute atomic E-state index is 0.0391. The molecule has 0 unspecified atom stereocenters. The first-order valence-electron chi connectivity index (χ1n) is 19.0. The summed E-state index contributed by atoms with van der Waals surface area (Å²) >= 11 is 0. The van der Waals surface area contributed by atoms with Crippen LogP contribution >= 0.6 is 0 Å². The third-order valence-electron chi connectivity index (χ3n) is 9.52. The molecule has 7 atom stereocenters.